The summed E-state index contributed by atoms with van der Waals surface area (Å²) in [6.45, 7) is 13.2. The van der Waals surface area contributed by atoms with Gasteiger partial charge in [-0.25, -0.2) is 0 Å². The van der Waals surface area contributed by atoms with Crippen molar-refractivity contribution in [3.05, 3.63) is 0 Å². The number of hydrogen-bond donors (Lipinski definition) is 0. The molecule has 0 unspecified atom stereocenters. The second-order valence-corrected chi connectivity index (χ2v) is 5.62. The molecule has 0 saturated carbocycles. The van der Waals surface area contributed by atoms with Gasteiger partial charge in [0.25, 0.3) is 5.91 Å². The number of amides is 2. The van der Waals surface area contributed by atoms with Crippen LogP contribution in [0.15, 0.2) is 0 Å². The molecule has 0 aromatic rings. The van der Waals surface area contributed by atoms with E-state index in [4.69, 9.17) is 4.74 Å². The van der Waals surface area contributed by atoms with E-state index in [1.807, 2.05) is 30.6 Å². The summed E-state index contributed by atoms with van der Waals surface area (Å²) >= 11 is 0. The Morgan fingerprint density at radius 2 is 1.77 bits per heavy atom. The fourth-order valence-corrected chi connectivity index (χ4v) is 2.80. The second-order valence-electron chi connectivity index (χ2n) is 5.62. The van der Waals surface area contributed by atoms with Crippen molar-refractivity contribution in [2.75, 3.05) is 52.4 Å². The molecule has 1 atom stereocenters. The molecular formula is C16H31N3O3. The predicted octanol–water partition coefficient (Wildman–Crippen LogP) is 0.814. The highest BCUT2D eigenvalue weighted by Gasteiger charge is 2.24. The predicted molar refractivity (Wildman–Crippen MR) is 86.7 cm³/mol. The first kappa shape index (κ1) is 18.9. The Hall–Kier alpha value is -1.14. The summed E-state index contributed by atoms with van der Waals surface area (Å²) < 4.78 is 5.38. The molecule has 0 aromatic carbocycles. The van der Waals surface area contributed by atoms with Gasteiger partial charge in [-0.05, 0) is 34.1 Å². The van der Waals surface area contributed by atoms with Crippen LogP contribution >= 0.6 is 0 Å². The van der Waals surface area contributed by atoms with Crippen molar-refractivity contribution in [1.82, 2.24) is 14.7 Å². The number of carbonyl (C=O) groups is 2. The first-order chi connectivity index (χ1) is 10.5. The van der Waals surface area contributed by atoms with Gasteiger partial charge in [0.05, 0.1) is 6.54 Å². The smallest absolute Gasteiger partial charge is 0.251 e. The van der Waals surface area contributed by atoms with Crippen LogP contribution in [-0.2, 0) is 14.3 Å². The van der Waals surface area contributed by atoms with Crippen molar-refractivity contribution in [3.8, 4) is 0 Å². The number of ether oxygens (including phenoxy) is 1. The van der Waals surface area contributed by atoms with E-state index in [0.717, 1.165) is 39.1 Å². The molecule has 1 heterocycles. The fraction of sp³-hybridized carbons (Fsp3) is 0.875. The van der Waals surface area contributed by atoms with Crippen molar-refractivity contribution in [2.24, 2.45) is 0 Å². The van der Waals surface area contributed by atoms with E-state index >= 15 is 0 Å². The summed E-state index contributed by atoms with van der Waals surface area (Å²) in [7, 11) is 0. The minimum atomic E-state index is -0.381. The topological polar surface area (TPSA) is 53.1 Å². The summed E-state index contributed by atoms with van der Waals surface area (Å²) in [6.07, 6.45) is 0.518. The first-order valence-corrected chi connectivity index (χ1v) is 8.43. The molecule has 0 bridgehead atoms. The Kier molecular flexibility index (Phi) is 8.42. The van der Waals surface area contributed by atoms with Crippen LogP contribution < -0.4 is 0 Å². The van der Waals surface area contributed by atoms with Crippen molar-refractivity contribution in [1.29, 1.82) is 0 Å². The van der Waals surface area contributed by atoms with E-state index in [1.54, 1.807) is 6.92 Å². The quantitative estimate of drug-likeness (QED) is 0.698. The molecule has 1 rings (SSSR count). The van der Waals surface area contributed by atoms with Crippen LogP contribution in [-0.4, -0.2) is 85.0 Å². The highest BCUT2D eigenvalue weighted by Crippen LogP contribution is 2.07. The van der Waals surface area contributed by atoms with Gasteiger partial charge in [0, 0.05) is 45.9 Å². The normalized spacial score (nSPS) is 17.9. The summed E-state index contributed by atoms with van der Waals surface area (Å²) in [5, 5.41) is 0. The Labute approximate surface area is 134 Å². The van der Waals surface area contributed by atoms with Gasteiger partial charge in [-0.15, -0.1) is 0 Å². The standard InChI is InChI=1S/C16H31N3O3/c1-5-18(6-2)15(20)13-17-9-8-10-19(12-11-17)16(21)14(4)22-7-3/h14H,5-13H2,1-4H3/t14-/m0/s1. The third kappa shape index (κ3) is 5.57. The molecule has 0 N–H and O–H groups in total. The second kappa shape index (κ2) is 9.79. The third-order valence-electron chi connectivity index (χ3n) is 4.14. The number of carbonyl (C=O) groups excluding carboxylic acids is 2. The van der Waals surface area contributed by atoms with Gasteiger partial charge >= 0.3 is 0 Å². The average molecular weight is 313 g/mol. The average Bonchev–Trinajstić information content (AvgIpc) is 2.73. The maximum atomic E-state index is 12.3. The van der Waals surface area contributed by atoms with Crippen LogP contribution in [0.2, 0.25) is 0 Å². The minimum absolute atomic E-state index is 0.0544. The van der Waals surface area contributed by atoms with Crippen LogP contribution in [0.25, 0.3) is 0 Å². The number of rotatable bonds is 7. The summed E-state index contributed by atoms with van der Waals surface area (Å²) in [5.41, 5.74) is 0. The monoisotopic (exact) mass is 313 g/mol. The Balaban J connectivity index is 2.48. The molecule has 0 radical (unpaired) electrons. The van der Waals surface area contributed by atoms with E-state index in [0.29, 0.717) is 19.7 Å². The van der Waals surface area contributed by atoms with Crippen LogP contribution in [0, 0.1) is 0 Å². The molecule has 0 spiro atoms. The largest absolute Gasteiger partial charge is 0.369 e. The summed E-state index contributed by atoms with van der Waals surface area (Å²) in [5.74, 6) is 0.228. The van der Waals surface area contributed by atoms with Gasteiger partial charge in [0.2, 0.25) is 5.91 Å². The summed E-state index contributed by atoms with van der Waals surface area (Å²) in [4.78, 5) is 30.3. The molecule has 1 fully saturated rings. The van der Waals surface area contributed by atoms with Crippen LogP contribution in [0.3, 0.4) is 0 Å². The van der Waals surface area contributed by atoms with Crippen molar-refractivity contribution < 1.29 is 14.3 Å². The number of hydrogen-bond acceptors (Lipinski definition) is 4. The zero-order valence-corrected chi connectivity index (χ0v) is 14.5. The third-order valence-corrected chi connectivity index (χ3v) is 4.14. The van der Waals surface area contributed by atoms with Crippen LogP contribution in [0.1, 0.15) is 34.1 Å². The lowest BCUT2D eigenvalue weighted by atomic mass is 10.3. The minimum Gasteiger partial charge on any atom is -0.369 e. The molecule has 0 aliphatic carbocycles. The number of nitrogens with zero attached hydrogens (tertiary/aromatic N) is 3. The Morgan fingerprint density at radius 1 is 1.09 bits per heavy atom. The highest BCUT2D eigenvalue weighted by molar-refractivity contribution is 5.80. The van der Waals surface area contributed by atoms with E-state index in [-0.39, 0.29) is 17.9 Å². The molecule has 0 aromatic heterocycles. The molecule has 6 heteroatoms. The summed E-state index contributed by atoms with van der Waals surface area (Å²) in [6, 6.07) is 0. The van der Waals surface area contributed by atoms with Crippen molar-refractivity contribution in [3.63, 3.8) is 0 Å². The van der Waals surface area contributed by atoms with E-state index in [1.165, 1.54) is 0 Å². The SMILES string of the molecule is CCO[C@@H](C)C(=O)N1CCCN(CC(=O)N(CC)CC)CC1. The molecule has 1 aliphatic rings. The van der Waals surface area contributed by atoms with Gasteiger partial charge in [-0.2, -0.15) is 0 Å². The van der Waals surface area contributed by atoms with E-state index in [2.05, 4.69) is 4.90 Å². The van der Waals surface area contributed by atoms with Gasteiger partial charge in [0.1, 0.15) is 6.10 Å². The van der Waals surface area contributed by atoms with Gasteiger partial charge < -0.3 is 14.5 Å². The zero-order chi connectivity index (χ0) is 16.5. The Morgan fingerprint density at radius 3 is 2.36 bits per heavy atom. The molecule has 22 heavy (non-hydrogen) atoms. The van der Waals surface area contributed by atoms with Crippen molar-refractivity contribution >= 4 is 11.8 Å². The lowest BCUT2D eigenvalue weighted by molar-refractivity contribution is -0.142. The molecule has 1 aliphatic heterocycles. The highest BCUT2D eigenvalue weighted by atomic mass is 16.5. The molecule has 6 nitrogen and oxygen atoms in total. The Bertz CT molecular complexity index is 359. The van der Waals surface area contributed by atoms with Gasteiger partial charge in [0.15, 0.2) is 0 Å². The molecule has 128 valence electrons. The zero-order valence-electron chi connectivity index (χ0n) is 14.5. The maximum absolute atomic E-state index is 12.3. The fourth-order valence-electron chi connectivity index (χ4n) is 2.80. The molecule has 1 saturated heterocycles. The van der Waals surface area contributed by atoms with Crippen molar-refractivity contribution in [2.45, 2.75) is 40.2 Å². The first-order valence-electron chi connectivity index (χ1n) is 8.43. The maximum Gasteiger partial charge on any atom is 0.251 e. The number of likely N-dealkylation sites (N-methyl/N-ethyl adjacent to an activating group) is 1. The molecule has 2 amide bonds. The molecular weight excluding hydrogens is 282 g/mol. The van der Waals surface area contributed by atoms with Crippen LogP contribution in [0.4, 0.5) is 0 Å². The van der Waals surface area contributed by atoms with Crippen LogP contribution in [0.5, 0.6) is 0 Å². The van der Waals surface area contributed by atoms with Gasteiger partial charge in [-0.3, -0.25) is 14.5 Å². The van der Waals surface area contributed by atoms with Gasteiger partial charge in [-0.1, -0.05) is 0 Å². The lowest BCUT2D eigenvalue weighted by Gasteiger charge is -2.26. The lowest BCUT2D eigenvalue weighted by Crippen LogP contribution is -2.43. The van der Waals surface area contributed by atoms with E-state index < -0.39 is 0 Å². The van der Waals surface area contributed by atoms with E-state index in [9.17, 15) is 9.59 Å².